The minimum Gasteiger partial charge on any atom is -0.358 e. The molecular formula is C21H24N2O3S. The van der Waals surface area contributed by atoms with Crippen LogP contribution < -0.4 is 4.18 Å². The molecule has 3 rings (SSSR count). The van der Waals surface area contributed by atoms with E-state index < -0.39 is 10.1 Å². The van der Waals surface area contributed by atoms with Crippen LogP contribution in [0.15, 0.2) is 59.5 Å². The van der Waals surface area contributed by atoms with Gasteiger partial charge in [-0.25, -0.2) is 0 Å². The average Bonchev–Trinajstić information content (AvgIpc) is 2.99. The number of aromatic nitrogens is 2. The van der Waals surface area contributed by atoms with E-state index in [0.29, 0.717) is 0 Å². The lowest BCUT2D eigenvalue weighted by Crippen LogP contribution is -2.14. The molecule has 0 atom stereocenters. The second-order valence-electron chi connectivity index (χ2n) is 7.67. The smallest absolute Gasteiger partial charge is 0.340 e. The number of benzene rings is 2. The van der Waals surface area contributed by atoms with Crippen molar-refractivity contribution in [1.82, 2.24) is 9.78 Å². The summed E-state index contributed by atoms with van der Waals surface area (Å²) in [6, 6.07) is 15.7. The first kappa shape index (κ1) is 19.2. The van der Waals surface area contributed by atoms with Crippen molar-refractivity contribution < 1.29 is 12.6 Å². The summed E-state index contributed by atoms with van der Waals surface area (Å²) < 4.78 is 32.5. The maximum absolute atomic E-state index is 12.7. The molecule has 1 heterocycles. The molecule has 0 N–H and O–H groups in total. The summed E-state index contributed by atoms with van der Waals surface area (Å²) in [5.41, 5.74) is 3.40. The summed E-state index contributed by atoms with van der Waals surface area (Å²) in [7, 11) is -3.96. The van der Waals surface area contributed by atoms with Gasteiger partial charge in [0, 0.05) is 11.5 Å². The van der Waals surface area contributed by atoms with Crippen molar-refractivity contribution in [2.24, 2.45) is 0 Å². The molecule has 27 heavy (non-hydrogen) atoms. The molecule has 6 heteroatoms. The zero-order chi connectivity index (χ0) is 19.8. The van der Waals surface area contributed by atoms with Crippen LogP contribution in [0.25, 0.3) is 5.69 Å². The minimum absolute atomic E-state index is 0.107. The Hall–Kier alpha value is -2.60. The molecule has 0 aliphatic carbocycles. The maximum atomic E-state index is 12.7. The summed E-state index contributed by atoms with van der Waals surface area (Å²) >= 11 is 0. The van der Waals surface area contributed by atoms with Crippen molar-refractivity contribution in [2.45, 2.75) is 44.9 Å². The quantitative estimate of drug-likeness (QED) is 0.619. The van der Waals surface area contributed by atoms with E-state index in [1.165, 1.54) is 12.1 Å². The summed E-state index contributed by atoms with van der Waals surface area (Å²) in [6.07, 6.45) is 0. The normalized spacial score (nSPS) is 12.2. The molecule has 2 aromatic carbocycles. The van der Waals surface area contributed by atoms with Gasteiger partial charge < -0.3 is 4.18 Å². The van der Waals surface area contributed by atoms with E-state index >= 15 is 0 Å². The van der Waals surface area contributed by atoms with Gasteiger partial charge in [0.15, 0.2) is 0 Å². The zero-order valence-electron chi connectivity index (χ0n) is 16.2. The Bertz CT molecular complexity index is 1060. The van der Waals surface area contributed by atoms with Crippen LogP contribution in [0.4, 0.5) is 0 Å². The second kappa shape index (κ2) is 6.85. The minimum atomic E-state index is -3.96. The molecule has 0 unspecified atom stereocenters. The fraction of sp³-hybridized carbons (Fsp3) is 0.286. The fourth-order valence-electron chi connectivity index (χ4n) is 2.75. The third-order valence-electron chi connectivity index (χ3n) is 4.25. The highest BCUT2D eigenvalue weighted by Crippen LogP contribution is 2.30. The summed E-state index contributed by atoms with van der Waals surface area (Å²) in [5, 5.41) is 4.65. The number of hydrogen-bond acceptors (Lipinski definition) is 4. The van der Waals surface area contributed by atoms with E-state index in [2.05, 4.69) is 5.10 Å². The van der Waals surface area contributed by atoms with Crippen molar-refractivity contribution in [3.63, 3.8) is 0 Å². The lowest BCUT2D eigenvalue weighted by Gasteiger charge is -2.14. The van der Waals surface area contributed by atoms with Gasteiger partial charge in [0.1, 0.15) is 4.90 Å². The van der Waals surface area contributed by atoms with Crippen molar-refractivity contribution in [3.05, 3.63) is 71.4 Å². The first-order valence-electron chi connectivity index (χ1n) is 8.76. The van der Waals surface area contributed by atoms with E-state index in [1.807, 2.05) is 52.8 Å². The maximum Gasteiger partial charge on any atom is 0.340 e. The number of nitrogens with zero attached hydrogens (tertiary/aromatic N) is 2. The van der Waals surface area contributed by atoms with Crippen LogP contribution >= 0.6 is 0 Å². The van der Waals surface area contributed by atoms with Crippen LogP contribution in [0.3, 0.4) is 0 Å². The lowest BCUT2D eigenvalue weighted by atomic mass is 9.93. The van der Waals surface area contributed by atoms with Crippen molar-refractivity contribution >= 4 is 10.1 Å². The van der Waals surface area contributed by atoms with Crippen LogP contribution in [0.5, 0.6) is 5.88 Å². The molecule has 5 nitrogen and oxygen atoms in total. The van der Waals surface area contributed by atoms with Crippen LogP contribution in [0, 0.1) is 13.8 Å². The topological polar surface area (TPSA) is 61.2 Å². The van der Waals surface area contributed by atoms with Gasteiger partial charge >= 0.3 is 10.1 Å². The third-order valence-corrected chi connectivity index (χ3v) is 5.49. The molecule has 0 aliphatic rings. The Labute approximate surface area is 160 Å². The number of hydrogen-bond donors (Lipinski definition) is 0. The Morgan fingerprint density at radius 1 is 0.963 bits per heavy atom. The van der Waals surface area contributed by atoms with Gasteiger partial charge in [0.2, 0.25) is 5.88 Å². The van der Waals surface area contributed by atoms with Crippen LogP contribution in [0.2, 0.25) is 0 Å². The second-order valence-corrected chi connectivity index (χ2v) is 9.22. The van der Waals surface area contributed by atoms with Gasteiger partial charge in [-0.05, 0) is 37.6 Å². The Morgan fingerprint density at radius 2 is 1.63 bits per heavy atom. The van der Waals surface area contributed by atoms with Gasteiger partial charge in [0.25, 0.3) is 0 Å². The first-order chi connectivity index (χ1) is 12.6. The predicted octanol–water partition coefficient (Wildman–Crippen LogP) is 4.55. The van der Waals surface area contributed by atoms with Crippen LogP contribution in [-0.4, -0.2) is 18.2 Å². The van der Waals surface area contributed by atoms with E-state index in [4.69, 9.17) is 4.18 Å². The lowest BCUT2D eigenvalue weighted by molar-refractivity contribution is 0.464. The molecule has 3 aromatic rings. The Morgan fingerprint density at radius 3 is 2.22 bits per heavy atom. The van der Waals surface area contributed by atoms with Gasteiger partial charge in [-0.3, -0.25) is 0 Å². The molecule has 1 aromatic heterocycles. The van der Waals surface area contributed by atoms with Crippen molar-refractivity contribution in [3.8, 4) is 11.6 Å². The molecule has 142 valence electrons. The molecule has 0 bridgehead atoms. The monoisotopic (exact) mass is 384 g/mol. The Balaban J connectivity index is 2.13. The molecule has 0 amide bonds. The van der Waals surface area contributed by atoms with Crippen molar-refractivity contribution in [2.75, 3.05) is 0 Å². The molecule has 0 fully saturated rings. The number of rotatable bonds is 4. The number of aryl methyl sites for hydroxylation is 2. The SMILES string of the molecule is Cc1ccc(-n2nc(C(C)(C)C)cc2OS(=O)(=O)c2ccccc2)c(C)c1. The van der Waals surface area contributed by atoms with Gasteiger partial charge in [-0.1, -0.05) is 56.7 Å². The molecule has 0 saturated heterocycles. The van der Waals surface area contributed by atoms with E-state index in [9.17, 15) is 8.42 Å². The molecule has 0 aliphatic heterocycles. The summed E-state index contributed by atoms with van der Waals surface area (Å²) in [6.45, 7) is 10.1. The predicted molar refractivity (Wildman–Crippen MR) is 106 cm³/mol. The highest BCUT2D eigenvalue weighted by atomic mass is 32.2. The zero-order valence-corrected chi connectivity index (χ0v) is 17.0. The molecule has 0 spiro atoms. The largest absolute Gasteiger partial charge is 0.358 e. The fourth-order valence-corrected chi connectivity index (χ4v) is 3.68. The first-order valence-corrected chi connectivity index (χ1v) is 10.2. The summed E-state index contributed by atoms with van der Waals surface area (Å²) in [4.78, 5) is 0.107. The average molecular weight is 385 g/mol. The van der Waals surface area contributed by atoms with Gasteiger partial charge in [-0.15, -0.1) is 0 Å². The van der Waals surface area contributed by atoms with E-state index in [0.717, 1.165) is 22.5 Å². The molecule has 0 radical (unpaired) electrons. The highest BCUT2D eigenvalue weighted by Gasteiger charge is 2.25. The van der Waals surface area contributed by atoms with Crippen LogP contribution in [-0.2, 0) is 15.5 Å². The van der Waals surface area contributed by atoms with Gasteiger partial charge in [0.05, 0.1) is 11.4 Å². The van der Waals surface area contributed by atoms with E-state index in [-0.39, 0.29) is 16.2 Å². The Kier molecular flexibility index (Phi) is 4.86. The van der Waals surface area contributed by atoms with Crippen molar-refractivity contribution in [1.29, 1.82) is 0 Å². The van der Waals surface area contributed by atoms with Crippen LogP contribution in [0.1, 0.15) is 37.6 Å². The highest BCUT2D eigenvalue weighted by molar-refractivity contribution is 7.87. The summed E-state index contributed by atoms with van der Waals surface area (Å²) in [5.74, 6) is 0.177. The van der Waals surface area contributed by atoms with E-state index in [1.54, 1.807) is 28.9 Å². The molecular weight excluding hydrogens is 360 g/mol. The standard InChI is InChI=1S/C21H24N2O3S/c1-15-11-12-18(16(2)13-15)23-20(14-19(22-23)21(3,4)5)26-27(24,25)17-9-7-6-8-10-17/h6-14H,1-5H3. The third kappa shape index (κ3) is 4.06. The van der Waals surface area contributed by atoms with Gasteiger partial charge in [-0.2, -0.15) is 18.2 Å². The molecule has 0 saturated carbocycles.